The molecule has 0 saturated heterocycles. The molecule has 1 unspecified atom stereocenters. The predicted molar refractivity (Wildman–Crippen MR) is 133 cm³/mol. The molecule has 0 fully saturated rings. The molecule has 0 aliphatic heterocycles. The van der Waals surface area contributed by atoms with E-state index < -0.39 is 5.69 Å². The van der Waals surface area contributed by atoms with Crippen LogP contribution in [-0.4, -0.2) is 42.2 Å². The Morgan fingerprint density at radius 2 is 1.04 bits per heavy atom. The second-order valence-corrected chi connectivity index (χ2v) is 13.6. The van der Waals surface area contributed by atoms with E-state index in [-0.39, 0.29) is 0 Å². The van der Waals surface area contributed by atoms with Crippen LogP contribution in [-0.2, 0) is 16.3 Å². The third-order valence-electron chi connectivity index (χ3n) is 5.74. The van der Waals surface area contributed by atoms with E-state index in [1.54, 1.807) is 0 Å². The quantitative estimate of drug-likeness (QED) is 0.0815. The third kappa shape index (κ3) is 17.7. The minimum Gasteiger partial charge on any atom is -0.338 e. The summed E-state index contributed by atoms with van der Waals surface area (Å²) in [5.41, 5.74) is -2.75. The molecule has 1 atom stereocenters. The number of hydrogen-bond donors (Lipinski definition) is 2. The topological polar surface area (TPSA) is 29.5 Å². The zero-order valence-electron chi connectivity index (χ0n) is 19.0. The van der Waals surface area contributed by atoms with Gasteiger partial charge in [0.2, 0.25) is 5.69 Å². The van der Waals surface area contributed by atoms with E-state index in [0.717, 1.165) is 12.8 Å². The Labute approximate surface area is 186 Å². The maximum absolute atomic E-state index is 9.31. The zero-order chi connectivity index (χ0) is 21.1. The van der Waals surface area contributed by atoms with Crippen LogP contribution in [0.2, 0.25) is 0 Å². The van der Waals surface area contributed by atoms with Gasteiger partial charge in [0, 0.05) is 0 Å². The summed E-state index contributed by atoms with van der Waals surface area (Å²) in [5.74, 6) is 0. The van der Waals surface area contributed by atoms with Crippen molar-refractivity contribution in [3.8, 4) is 0 Å². The SMILES string of the molecule is CCCC[N+](CCCC)(CCCC)CCCCCCCCCCOP(O)(=S)S. The number of unbranched alkanes of at least 4 members (excludes halogenated alkanes) is 10. The van der Waals surface area contributed by atoms with E-state index in [4.69, 9.17) is 16.3 Å². The van der Waals surface area contributed by atoms with E-state index in [1.807, 2.05) is 0 Å². The van der Waals surface area contributed by atoms with Crippen molar-refractivity contribution in [3.05, 3.63) is 0 Å². The average Bonchev–Trinajstić information content (AvgIpc) is 2.66. The molecule has 0 saturated carbocycles. The number of thiol groups is 1. The molecule has 28 heavy (non-hydrogen) atoms. The molecule has 0 bridgehead atoms. The number of rotatable bonds is 21. The Hall–Kier alpha value is 0.880. The molecular formula is C22H49NO2PS2+. The second kappa shape index (κ2) is 18.6. The molecule has 0 spiro atoms. The first-order valence-corrected chi connectivity index (χ1v) is 15.8. The fraction of sp³-hybridized carbons (Fsp3) is 1.00. The molecule has 0 aromatic rings. The summed E-state index contributed by atoms with van der Waals surface area (Å²) in [7, 11) is 0. The van der Waals surface area contributed by atoms with Crippen molar-refractivity contribution in [3.63, 3.8) is 0 Å². The summed E-state index contributed by atoms with van der Waals surface area (Å²) in [5, 5.41) is 0. The summed E-state index contributed by atoms with van der Waals surface area (Å²) < 4.78 is 6.54. The van der Waals surface area contributed by atoms with Crippen molar-refractivity contribution < 1.29 is 13.9 Å². The van der Waals surface area contributed by atoms with Gasteiger partial charge in [0.05, 0.1) is 32.8 Å². The molecule has 0 aromatic carbocycles. The summed E-state index contributed by atoms with van der Waals surface area (Å²) in [6.07, 6.45) is 18.3. The Kier molecular flexibility index (Phi) is 19.2. The summed E-state index contributed by atoms with van der Waals surface area (Å²) in [6, 6.07) is 0. The molecule has 3 nitrogen and oxygen atoms in total. The Morgan fingerprint density at radius 1 is 0.679 bits per heavy atom. The predicted octanol–water partition coefficient (Wildman–Crippen LogP) is 7.49. The van der Waals surface area contributed by atoms with Crippen LogP contribution in [0.1, 0.15) is 111 Å². The normalized spacial score (nSPS) is 14.3. The monoisotopic (exact) mass is 454 g/mol. The van der Waals surface area contributed by atoms with Gasteiger partial charge < -0.3 is 13.9 Å². The van der Waals surface area contributed by atoms with Crippen molar-refractivity contribution >= 4 is 29.7 Å². The molecule has 0 heterocycles. The molecular weight excluding hydrogens is 405 g/mol. The molecule has 1 N–H and O–H groups in total. The van der Waals surface area contributed by atoms with Gasteiger partial charge in [-0.1, -0.05) is 84.4 Å². The van der Waals surface area contributed by atoms with Crippen LogP contribution in [0.5, 0.6) is 0 Å². The maximum atomic E-state index is 9.31. The molecule has 170 valence electrons. The maximum Gasteiger partial charge on any atom is 0.241 e. The van der Waals surface area contributed by atoms with E-state index in [2.05, 4.69) is 33.0 Å². The fourth-order valence-corrected chi connectivity index (χ4v) is 4.78. The molecule has 0 aliphatic rings. The highest BCUT2D eigenvalue weighted by molar-refractivity contribution is 8.59. The number of hydrogen-bond acceptors (Lipinski definition) is 2. The smallest absolute Gasteiger partial charge is 0.241 e. The first-order chi connectivity index (χ1) is 13.4. The Balaban J connectivity index is 3.94. The minimum atomic E-state index is -2.75. The second-order valence-electron chi connectivity index (χ2n) is 8.45. The third-order valence-corrected chi connectivity index (χ3v) is 6.93. The van der Waals surface area contributed by atoms with Crippen LogP contribution < -0.4 is 0 Å². The summed E-state index contributed by atoms with van der Waals surface area (Å²) in [4.78, 5) is 9.31. The first-order valence-electron chi connectivity index (χ1n) is 11.9. The minimum absolute atomic E-state index is 0.546. The molecule has 6 heteroatoms. The molecule has 0 radical (unpaired) electrons. The van der Waals surface area contributed by atoms with Gasteiger partial charge in [-0.25, -0.2) is 0 Å². The largest absolute Gasteiger partial charge is 0.338 e. The average molecular weight is 455 g/mol. The van der Waals surface area contributed by atoms with Crippen molar-refractivity contribution in [2.75, 3.05) is 32.8 Å². The van der Waals surface area contributed by atoms with E-state index in [1.165, 1.54) is 108 Å². The lowest BCUT2D eigenvalue weighted by Gasteiger charge is -2.39. The van der Waals surface area contributed by atoms with Crippen molar-refractivity contribution in [2.24, 2.45) is 0 Å². The van der Waals surface area contributed by atoms with Crippen molar-refractivity contribution in [2.45, 2.75) is 111 Å². The molecule has 0 aromatic heterocycles. The molecule has 0 rings (SSSR count). The van der Waals surface area contributed by atoms with Gasteiger partial charge in [0.1, 0.15) is 0 Å². The van der Waals surface area contributed by atoms with Crippen LogP contribution in [0.4, 0.5) is 0 Å². The van der Waals surface area contributed by atoms with Crippen LogP contribution in [0.3, 0.4) is 0 Å². The Morgan fingerprint density at radius 3 is 1.43 bits per heavy atom. The lowest BCUT2D eigenvalue weighted by atomic mass is 10.1. The molecule has 0 aliphatic carbocycles. The number of nitrogens with zero attached hydrogens (tertiary/aromatic N) is 1. The van der Waals surface area contributed by atoms with Crippen molar-refractivity contribution in [1.82, 2.24) is 0 Å². The first kappa shape index (κ1) is 28.9. The lowest BCUT2D eigenvalue weighted by Crippen LogP contribution is -2.50. The van der Waals surface area contributed by atoms with Crippen LogP contribution in [0.25, 0.3) is 0 Å². The van der Waals surface area contributed by atoms with Gasteiger partial charge in [0.15, 0.2) is 0 Å². The summed E-state index contributed by atoms with van der Waals surface area (Å²) >= 11 is 8.63. The van der Waals surface area contributed by atoms with Gasteiger partial charge in [-0.15, -0.1) is 0 Å². The highest BCUT2D eigenvalue weighted by Crippen LogP contribution is 2.47. The Bertz CT molecular complexity index is 369. The molecule has 0 amide bonds. The van der Waals surface area contributed by atoms with Crippen LogP contribution >= 0.6 is 17.9 Å². The van der Waals surface area contributed by atoms with E-state index in [9.17, 15) is 4.89 Å². The van der Waals surface area contributed by atoms with Gasteiger partial charge in [-0.3, -0.25) is 0 Å². The van der Waals surface area contributed by atoms with Crippen LogP contribution in [0, 0.1) is 0 Å². The van der Waals surface area contributed by atoms with Gasteiger partial charge in [-0.05, 0) is 50.3 Å². The standard InChI is InChI=1S/C22H48NO2PS2/c1-4-7-18-23(19-8-5-2,20-9-6-3)21-16-14-12-10-11-13-15-17-22-25-26(24,27)28/h4-22H2,1-3H3,(H-,24,27,28)/p+1. The summed E-state index contributed by atoms with van der Waals surface area (Å²) in [6.45, 7) is 13.1. The lowest BCUT2D eigenvalue weighted by molar-refractivity contribution is -0.929. The zero-order valence-corrected chi connectivity index (χ0v) is 21.6. The van der Waals surface area contributed by atoms with Gasteiger partial charge in [-0.2, -0.15) is 0 Å². The highest BCUT2D eigenvalue weighted by Gasteiger charge is 2.24. The van der Waals surface area contributed by atoms with E-state index >= 15 is 0 Å². The number of quaternary nitrogens is 1. The van der Waals surface area contributed by atoms with Gasteiger partial charge >= 0.3 is 0 Å². The van der Waals surface area contributed by atoms with Crippen LogP contribution in [0.15, 0.2) is 0 Å². The highest BCUT2D eigenvalue weighted by atomic mass is 32.9. The van der Waals surface area contributed by atoms with Crippen molar-refractivity contribution in [1.29, 1.82) is 0 Å². The van der Waals surface area contributed by atoms with E-state index in [0.29, 0.717) is 6.61 Å². The fourth-order valence-electron chi connectivity index (χ4n) is 3.94. The van der Waals surface area contributed by atoms with Gasteiger partial charge in [0.25, 0.3) is 0 Å².